The lowest BCUT2D eigenvalue weighted by Gasteiger charge is -2.26. The molecule has 1 aliphatic heterocycles. The van der Waals surface area contributed by atoms with Gasteiger partial charge in [0, 0.05) is 45.5 Å². The minimum absolute atomic E-state index is 0. The Morgan fingerprint density at radius 3 is 2.66 bits per heavy atom. The average molecular weight is 563 g/mol. The first-order valence-corrected chi connectivity index (χ1v) is 12.5. The molecule has 3 nitrogen and oxygen atoms in total. The van der Waals surface area contributed by atoms with Gasteiger partial charge in [0.2, 0.25) is 0 Å². The van der Waals surface area contributed by atoms with Gasteiger partial charge >= 0.3 is 0 Å². The molecule has 172 valence electrons. The maximum absolute atomic E-state index is 5.88. The molecule has 0 fully saturated rings. The lowest BCUT2D eigenvalue weighted by molar-refractivity contribution is 0.297. The van der Waals surface area contributed by atoms with E-state index in [0.717, 1.165) is 44.7 Å². The van der Waals surface area contributed by atoms with E-state index >= 15 is 0 Å². The summed E-state index contributed by atoms with van der Waals surface area (Å²) >= 11 is 1.80. The standard InChI is InChI=1S/C27H34N2OS.HI/c1-3-5-14-29-15-12-21(13-16-29)26-20-28-27-11-10-24(19-25(26)27)31-23-9-7-8-22(18-23)30-17-6-4-2;/h7-12,18-20,28H,3-6,13-17H2,1-2H3;1H. The number of nitrogens with zero attached hydrogens (tertiary/aromatic N) is 1. The number of nitrogens with one attached hydrogen (secondary N) is 1. The van der Waals surface area contributed by atoms with Gasteiger partial charge in [0.05, 0.1) is 6.61 Å². The fourth-order valence-corrected chi connectivity index (χ4v) is 4.97. The Morgan fingerprint density at radius 2 is 1.88 bits per heavy atom. The normalized spacial score (nSPS) is 14.2. The van der Waals surface area contributed by atoms with Crippen molar-refractivity contribution in [2.75, 3.05) is 26.2 Å². The fourth-order valence-electron chi connectivity index (χ4n) is 4.07. The Kier molecular flexibility index (Phi) is 10.0. The van der Waals surface area contributed by atoms with Crippen molar-refractivity contribution in [3.63, 3.8) is 0 Å². The zero-order chi connectivity index (χ0) is 21.5. The molecule has 1 N–H and O–H groups in total. The minimum Gasteiger partial charge on any atom is -0.494 e. The Bertz CT molecular complexity index is 1030. The molecule has 32 heavy (non-hydrogen) atoms. The summed E-state index contributed by atoms with van der Waals surface area (Å²) in [6, 6.07) is 15.2. The van der Waals surface area contributed by atoms with E-state index < -0.39 is 0 Å². The number of unbranched alkanes of at least 4 members (excludes halogenated alkanes) is 2. The number of aromatic amines is 1. The maximum Gasteiger partial charge on any atom is 0.120 e. The second kappa shape index (κ2) is 12.7. The van der Waals surface area contributed by atoms with E-state index in [1.54, 1.807) is 11.8 Å². The molecular weight excluding hydrogens is 527 g/mol. The van der Waals surface area contributed by atoms with Crippen LogP contribution in [-0.4, -0.2) is 36.1 Å². The zero-order valence-electron chi connectivity index (χ0n) is 19.2. The molecule has 4 rings (SSSR count). The van der Waals surface area contributed by atoms with Crippen molar-refractivity contribution < 1.29 is 4.74 Å². The lowest BCUT2D eigenvalue weighted by Crippen LogP contribution is -2.29. The molecule has 1 aromatic heterocycles. The number of H-pyrrole nitrogens is 1. The van der Waals surface area contributed by atoms with E-state index in [0.29, 0.717) is 0 Å². The van der Waals surface area contributed by atoms with Gasteiger partial charge in [-0.25, -0.2) is 0 Å². The predicted octanol–water partition coefficient (Wildman–Crippen LogP) is 8.01. The number of hydrogen-bond donors (Lipinski definition) is 1. The Balaban J connectivity index is 0.00000289. The summed E-state index contributed by atoms with van der Waals surface area (Å²) in [5.41, 5.74) is 4.06. The van der Waals surface area contributed by atoms with E-state index in [4.69, 9.17) is 4.74 Å². The van der Waals surface area contributed by atoms with E-state index in [2.05, 4.69) is 72.4 Å². The van der Waals surface area contributed by atoms with Crippen LogP contribution in [0.2, 0.25) is 0 Å². The molecular formula is C27H35IN2OS. The molecule has 0 unspecified atom stereocenters. The Morgan fingerprint density at radius 1 is 1.03 bits per heavy atom. The first kappa shape index (κ1) is 25.2. The molecule has 0 saturated carbocycles. The highest BCUT2D eigenvalue weighted by molar-refractivity contribution is 14.0. The average Bonchev–Trinajstić information content (AvgIpc) is 3.22. The van der Waals surface area contributed by atoms with Gasteiger partial charge in [0.1, 0.15) is 5.75 Å². The summed E-state index contributed by atoms with van der Waals surface area (Å²) in [5.74, 6) is 0.960. The maximum atomic E-state index is 5.88. The summed E-state index contributed by atoms with van der Waals surface area (Å²) in [4.78, 5) is 8.52. The van der Waals surface area contributed by atoms with Crippen LogP contribution in [0.1, 0.15) is 51.5 Å². The highest BCUT2D eigenvalue weighted by atomic mass is 127. The number of rotatable bonds is 10. The van der Waals surface area contributed by atoms with Gasteiger partial charge in [-0.2, -0.15) is 0 Å². The molecule has 3 aromatic rings. The molecule has 0 aliphatic carbocycles. The molecule has 0 bridgehead atoms. The first-order chi connectivity index (χ1) is 15.3. The molecule has 0 amide bonds. The SMILES string of the molecule is CCCCOc1cccc(Sc2ccc3[nH]cc(C4=CCN(CCCC)CC4)c3c2)c1.I. The van der Waals surface area contributed by atoms with Crippen LogP contribution in [0.15, 0.2) is 64.5 Å². The van der Waals surface area contributed by atoms with Crippen molar-refractivity contribution in [3.05, 3.63) is 60.3 Å². The van der Waals surface area contributed by atoms with Gasteiger partial charge in [-0.15, -0.1) is 24.0 Å². The smallest absolute Gasteiger partial charge is 0.120 e. The van der Waals surface area contributed by atoms with Gasteiger partial charge in [0.15, 0.2) is 0 Å². The van der Waals surface area contributed by atoms with Crippen LogP contribution in [0.4, 0.5) is 0 Å². The Hall–Kier alpha value is -1.44. The number of halogens is 1. The summed E-state index contributed by atoms with van der Waals surface area (Å²) in [7, 11) is 0. The zero-order valence-corrected chi connectivity index (χ0v) is 22.4. The number of hydrogen-bond acceptors (Lipinski definition) is 3. The molecule has 0 atom stereocenters. The number of fused-ring (bicyclic) bond motifs is 1. The third-order valence-electron chi connectivity index (χ3n) is 5.93. The predicted molar refractivity (Wildman–Crippen MR) is 149 cm³/mol. The van der Waals surface area contributed by atoms with Crippen molar-refractivity contribution in [1.29, 1.82) is 0 Å². The van der Waals surface area contributed by atoms with Crippen LogP contribution in [0, 0.1) is 0 Å². The van der Waals surface area contributed by atoms with E-state index in [9.17, 15) is 0 Å². The van der Waals surface area contributed by atoms with Gasteiger partial charge in [0.25, 0.3) is 0 Å². The van der Waals surface area contributed by atoms with Crippen LogP contribution in [0.5, 0.6) is 5.75 Å². The van der Waals surface area contributed by atoms with Gasteiger partial charge in [-0.1, -0.05) is 50.6 Å². The highest BCUT2D eigenvalue weighted by Gasteiger charge is 2.15. The summed E-state index contributed by atoms with van der Waals surface area (Å²) < 4.78 is 5.88. The van der Waals surface area contributed by atoms with Crippen molar-refractivity contribution >= 4 is 52.2 Å². The van der Waals surface area contributed by atoms with E-state index in [-0.39, 0.29) is 24.0 Å². The molecule has 0 spiro atoms. The molecule has 2 aromatic carbocycles. The van der Waals surface area contributed by atoms with Crippen LogP contribution in [0.3, 0.4) is 0 Å². The minimum atomic E-state index is 0. The van der Waals surface area contributed by atoms with Gasteiger partial charge in [-0.05, 0) is 67.8 Å². The summed E-state index contributed by atoms with van der Waals surface area (Å²) in [6.45, 7) is 8.69. The largest absolute Gasteiger partial charge is 0.494 e. The lowest BCUT2D eigenvalue weighted by atomic mass is 9.99. The van der Waals surface area contributed by atoms with Crippen molar-refractivity contribution in [3.8, 4) is 5.75 Å². The van der Waals surface area contributed by atoms with Gasteiger partial charge in [-0.3, -0.25) is 4.90 Å². The summed E-state index contributed by atoms with van der Waals surface area (Å²) in [6.07, 6.45) is 10.6. The second-order valence-electron chi connectivity index (χ2n) is 8.32. The van der Waals surface area contributed by atoms with Crippen LogP contribution in [-0.2, 0) is 0 Å². The first-order valence-electron chi connectivity index (χ1n) is 11.7. The van der Waals surface area contributed by atoms with Crippen LogP contribution < -0.4 is 4.74 Å². The fraction of sp³-hybridized carbons (Fsp3) is 0.407. The van der Waals surface area contributed by atoms with E-state index in [1.807, 2.05) is 6.07 Å². The van der Waals surface area contributed by atoms with Crippen LogP contribution in [0.25, 0.3) is 16.5 Å². The number of aromatic nitrogens is 1. The molecule has 0 saturated heterocycles. The molecule has 5 heteroatoms. The summed E-state index contributed by atoms with van der Waals surface area (Å²) in [5, 5.41) is 1.33. The van der Waals surface area contributed by atoms with Crippen LogP contribution >= 0.6 is 35.7 Å². The molecule has 2 heterocycles. The van der Waals surface area contributed by atoms with Crippen molar-refractivity contribution in [2.24, 2.45) is 0 Å². The second-order valence-corrected chi connectivity index (χ2v) is 9.47. The van der Waals surface area contributed by atoms with E-state index in [1.165, 1.54) is 51.2 Å². The number of benzene rings is 2. The van der Waals surface area contributed by atoms with Crippen molar-refractivity contribution in [2.45, 2.75) is 55.7 Å². The Labute approximate surface area is 214 Å². The molecule has 0 radical (unpaired) electrons. The number of ether oxygens (including phenoxy) is 1. The topological polar surface area (TPSA) is 28.3 Å². The third-order valence-corrected chi connectivity index (χ3v) is 6.91. The molecule has 1 aliphatic rings. The highest BCUT2D eigenvalue weighted by Crippen LogP contribution is 2.35. The quantitative estimate of drug-likeness (QED) is 0.201. The van der Waals surface area contributed by atoms with Gasteiger partial charge < -0.3 is 9.72 Å². The van der Waals surface area contributed by atoms with Crippen molar-refractivity contribution in [1.82, 2.24) is 9.88 Å². The third kappa shape index (κ3) is 6.55. The monoisotopic (exact) mass is 562 g/mol.